The van der Waals surface area contributed by atoms with Gasteiger partial charge in [0.2, 0.25) is 10.0 Å². The van der Waals surface area contributed by atoms with Gasteiger partial charge in [-0.15, -0.1) is 0 Å². The van der Waals surface area contributed by atoms with Gasteiger partial charge in [-0.2, -0.15) is 5.10 Å². The number of rotatable bonds is 8. The second-order valence-corrected chi connectivity index (χ2v) is 7.96. The molecular formula is C18H21ClN4O5S. The molecule has 1 aromatic carbocycles. The van der Waals surface area contributed by atoms with Crippen molar-refractivity contribution >= 4 is 39.7 Å². The van der Waals surface area contributed by atoms with Gasteiger partial charge in [0.05, 0.1) is 17.7 Å². The van der Waals surface area contributed by atoms with E-state index in [9.17, 15) is 18.0 Å². The molecule has 0 saturated carbocycles. The minimum atomic E-state index is -3.72. The number of amides is 2. The molecule has 9 nitrogen and oxygen atoms in total. The molecule has 156 valence electrons. The van der Waals surface area contributed by atoms with Crippen LogP contribution in [0.25, 0.3) is 0 Å². The zero-order valence-electron chi connectivity index (χ0n) is 15.9. The van der Waals surface area contributed by atoms with Crippen LogP contribution in [0.15, 0.2) is 50.8 Å². The predicted octanol–water partition coefficient (Wildman–Crippen LogP) is 1.73. The van der Waals surface area contributed by atoms with Gasteiger partial charge in [0.15, 0.2) is 0 Å². The van der Waals surface area contributed by atoms with Crippen LogP contribution >= 0.6 is 11.6 Å². The smallest absolute Gasteiger partial charge is 0.329 e. The number of nitrogens with one attached hydrogen (secondary N) is 2. The first kappa shape index (κ1) is 22.6. The Bertz CT molecular complexity index is 982. The number of halogens is 1. The molecule has 2 aromatic rings. The molecule has 0 spiro atoms. The summed E-state index contributed by atoms with van der Waals surface area (Å²) in [5, 5.41) is 4.11. The van der Waals surface area contributed by atoms with Crippen molar-refractivity contribution in [1.29, 1.82) is 0 Å². The van der Waals surface area contributed by atoms with E-state index in [1.165, 1.54) is 35.4 Å². The Balaban J connectivity index is 1.90. The Morgan fingerprint density at radius 3 is 2.41 bits per heavy atom. The Morgan fingerprint density at radius 1 is 1.14 bits per heavy atom. The van der Waals surface area contributed by atoms with E-state index >= 15 is 0 Å². The van der Waals surface area contributed by atoms with Gasteiger partial charge in [0.1, 0.15) is 11.5 Å². The Kier molecular flexibility index (Phi) is 7.94. The topological polar surface area (TPSA) is 121 Å². The molecule has 0 radical (unpaired) electrons. The third-order valence-corrected chi connectivity index (χ3v) is 5.51. The monoisotopic (exact) mass is 440 g/mol. The zero-order chi connectivity index (χ0) is 21.4. The molecule has 0 aliphatic carbocycles. The lowest BCUT2D eigenvalue weighted by molar-refractivity contribution is -0.145. The van der Waals surface area contributed by atoms with Crippen molar-refractivity contribution in [2.45, 2.75) is 25.3 Å². The van der Waals surface area contributed by atoms with E-state index in [-0.39, 0.29) is 17.2 Å². The summed E-state index contributed by atoms with van der Waals surface area (Å²) in [5.74, 6) is -0.910. The van der Waals surface area contributed by atoms with Crippen molar-refractivity contribution in [3.8, 4) is 0 Å². The van der Waals surface area contributed by atoms with E-state index in [1.54, 1.807) is 26.0 Å². The number of benzene rings is 1. The largest absolute Gasteiger partial charge is 0.459 e. The molecule has 0 saturated heterocycles. The molecule has 11 heteroatoms. The molecule has 0 aliphatic heterocycles. The van der Waals surface area contributed by atoms with Gasteiger partial charge in [-0.1, -0.05) is 11.6 Å². The lowest BCUT2D eigenvalue weighted by atomic mass is 10.4. The second kappa shape index (κ2) is 10.2. The van der Waals surface area contributed by atoms with Gasteiger partial charge in [0, 0.05) is 18.1 Å². The van der Waals surface area contributed by atoms with Crippen LogP contribution < -0.4 is 10.1 Å². The van der Waals surface area contributed by atoms with Gasteiger partial charge >= 0.3 is 11.8 Å². The van der Waals surface area contributed by atoms with Gasteiger partial charge in [-0.3, -0.25) is 9.59 Å². The van der Waals surface area contributed by atoms with Gasteiger partial charge in [-0.05, 0) is 50.2 Å². The minimum absolute atomic E-state index is 0.0778. The van der Waals surface area contributed by atoms with Crippen molar-refractivity contribution < 1.29 is 22.4 Å². The fourth-order valence-corrected chi connectivity index (χ4v) is 3.40. The van der Waals surface area contributed by atoms with E-state index in [1.807, 2.05) is 0 Å². The number of hydrogen-bond acceptors (Lipinski definition) is 6. The molecule has 0 bridgehead atoms. The lowest BCUT2D eigenvalue weighted by Gasteiger charge is -2.16. The summed E-state index contributed by atoms with van der Waals surface area (Å²) in [6, 6.07) is 8.87. The fraction of sp³-hybridized carbons (Fsp3) is 0.278. The maximum Gasteiger partial charge on any atom is 0.329 e. The molecule has 1 heterocycles. The number of carbonyl (C=O) groups is 2. The van der Waals surface area contributed by atoms with Gasteiger partial charge < -0.3 is 9.32 Å². The number of furan rings is 1. The normalized spacial score (nSPS) is 11.6. The average Bonchev–Trinajstić information content (AvgIpc) is 3.15. The molecule has 2 amide bonds. The number of sulfonamides is 1. The first-order valence-electron chi connectivity index (χ1n) is 8.73. The van der Waals surface area contributed by atoms with Crippen LogP contribution in [0.5, 0.6) is 0 Å². The van der Waals surface area contributed by atoms with Crippen LogP contribution in [0, 0.1) is 0 Å². The summed E-state index contributed by atoms with van der Waals surface area (Å²) < 4.78 is 32.3. The van der Waals surface area contributed by atoms with Crippen LogP contribution in [0.1, 0.15) is 25.4 Å². The fourth-order valence-electron chi connectivity index (χ4n) is 2.28. The summed E-state index contributed by atoms with van der Waals surface area (Å²) in [4.78, 5) is 25.0. The SMILES string of the molecule is CCN(CC)C(=O)C(=O)N/N=C/c1ccc(CNS(=O)(=O)c2ccc(Cl)cc2)o1. The Hall–Kier alpha value is -2.69. The highest BCUT2D eigenvalue weighted by molar-refractivity contribution is 7.89. The second-order valence-electron chi connectivity index (χ2n) is 5.76. The zero-order valence-corrected chi connectivity index (χ0v) is 17.5. The van der Waals surface area contributed by atoms with Crippen molar-refractivity contribution in [2.75, 3.05) is 13.1 Å². The first-order chi connectivity index (χ1) is 13.8. The number of likely N-dealkylation sites (N-methyl/N-ethyl adjacent to an activating group) is 1. The van der Waals surface area contributed by atoms with Crippen molar-refractivity contribution in [2.24, 2.45) is 5.10 Å². The van der Waals surface area contributed by atoms with Crippen LogP contribution in [0.4, 0.5) is 0 Å². The molecule has 0 fully saturated rings. The highest BCUT2D eigenvalue weighted by Crippen LogP contribution is 2.14. The summed E-state index contributed by atoms with van der Waals surface area (Å²) in [6.45, 7) is 4.29. The molecular weight excluding hydrogens is 420 g/mol. The summed E-state index contributed by atoms with van der Waals surface area (Å²) in [5.41, 5.74) is 2.13. The van der Waals surface area contributed by atoms with Crippen LogP contribution in [0.2, 0.25) is 5.02 Å². The number of hydrogen-bond donors (Lipinski definition) is 2. The summed E-state index contributed by atoms with van der Waals surface area (Å²) in [7, 11) is -3.72. The highest BCUT2D eigenvalue weighted by atomic mass is 35.5. The maximum atomic E-state index is 12.2. The van der Waals surface area contributed by atoms with E-state index in [0.29, 0.717) is 23.9 Å². The van der Waals surface area contributed by atoms with Gasteiger partial charge in [0.25, 0.3) is 0 Å². The Labute approximate surface area is 173 Å². The first-order valence-corrected chi connectivity index (χ1v) is 10.6. The number of carbonyl (C=O) groups excluding carboxylic acids is 2. The average molecular weight is 441 g/mol. The third-order valence-electron chi connectivity index (χ3n) is 3.85. The predicted molar refractivity (Wildman–Crippen MR) is 108 cm³/mol. The molecule has 1 aromatic heterocycles. The lowest BCUT2D eigenvalue weighted by Crippen LogP contribution is -2.41. The Morgan fingerprint density at radius 2 is 1.79 bits per heavy atom. The third kappa shape index (κ3) is 6.41. The molecule has 2 N–H and O–H groups in total. The van der Waals surface area contributed by atoms with Crippen LogP contribution in [-0.2, 0) is 26.2 Å². The van der Waals surface area contributed by atoms with Crippen molar-refractivity contribution in [3.05, 3.63) is 52.9 Å². The highest BCUT2D eigenvalue weighted by Gasteiger charge is 2.18. The van der Waals surface area contributed by atoms with Crippen molar-refractivity contribution in [1.82, 2.24) is 15.0 Å². The summed E-state index contributed by atoms with van der Waals surface area (Å²) in [6.07, 6.45) is 1.21. The van der Waals surface area contributed by atoms with Crippen LogP contribution in [0.3, 0.4) is 0 Å². The van der Waals surface area contributed by atoms with E-state index < -0.39 is 21.8 Å². The van der Waals surface area contributed by atoms with E-state index in [4.69, 9.17) is 16.0 Å². The standard InChI is InChI=1S/C18H21ClN4O5S/c1-3-23(4-2)18(25)17(24)22-20-11-14-7-8-15(28-14)12-21-29(26,27)16-9-5-13(19)6-10-16/h5-11,21H,3-4,12H2,1-2H3,(H,22,24)/b20-11+. The van der Waals surface area contributed by atoms with E-state index in [2.05, 4.69) is 15.2 Å². The number of hydrazone groups is 1. The maximum absolute atomic E-state index is 12.2. The summed E-state index contributed by atoms with van der Waals surface area (Å²) >= 11 is 5.76. The minimum Gasteiger partial charge on any atom is -0.459 e. The van der Waals surface area contributed by atoms with E-state index in [0.717, 1.165) is 0 Å². The molecule has 2 rings (SSSR count). The molecule has 0 atom stereocenters. The number of nitrogens with zero attached hydrogens (tertiary/aromatic N) is 2. The molecule has 0 aliphatic rings. The van der Waals surface area contributed by atoms with Crippen molar-refractivity contribution in [3.63, 3.8) is 0 Å². The van der Waals surface area contributed by atoms with Gasteiger partial charge in [-0.25, -0.2) is 18.6 Å². The molecule has 29 heavy (non-hydrogen) atoms. The molecule has 0 unspecified atom stereocenters. The van der Waals surface area contributed by atoms with Crippen LogP contribution in [-0.4, -0.2) is 44.4 Å². The quantitative estimate of drug-likeness (QED) is 0.368.